The predicted octanol–water partition coefficient (Wildman–Crippen LogP) is 7.27. The lowest BCUT2D eigenvalue weighted by molar-refractivity contribution is -0.144. The summed E-state index contributed by atoms with van der Waals surface area (Å²) in [5.41, 5.74) is -0.379. The number of morpholine rings is 1. The number of nitrogens with zero attached hydrogens (tertiary/aromatic N) is 6. The van der Waals surface area contributed by atoms with Gasteiger partial charge in [0.05, 0.1) is 31.7 Å². The number of piperazine rings is 1. The zero-order valence-corrected chi connectivity index (χ0v) is 54.9. The van der Waals surface area contributed by atoms with Crippen LogP contribution in [-0.2, 0) is 66.1 Å². The van der Waals surface area contributed by atoms with Gasteiger partial charge in [-0.25, -0.2) is 22.8 Å². The van der Waals surface area contributed by atoms with E-state index in [9.17, 15) is 33.2 Å². The Morgan fingerprint density at radius 1 is 0.774 bits per heavy atom. The Bertz CT molecular complexity index is 3450. The van der Waals surface area contributed by atoms with Crippen molar-refractivity contribution in [3.05, 3.63) is 124 Å². The highest BCUT2D eigenvalue weighted by atomic mass is 19.1. The number of rotatable bonds is 17. The number of benzene rings is 4. The van der Waals surface area contributed by atoms with Crippen molar-refractivity contribution in [2.45, 2.75) is 148 Å². The second kappa shape index (κ2) is 28.6. The van der Waals surface area contributed by atoms with Crippen molar-refractivity contribution in [1.29, 1.82) is 0 Å². The standard InChI is InChI=1S/C68H87F3N10O12/c1-40-33-78(49(35-77-25-28-91-38-41(77)2)36-79(40)65(89)93-67(7,8)9)37-56(83)81-39-68(10,51-22-17-44(30-54(51)81)29-43-15-19-47(69)20-16-43)63(87)72-32-55(82)73-48-21-18-46-34-80(59(50(46)31-48)61(85)75-58-52(70)13-12-14-53(58)71)62(86)57(45-23-26-90-27-24-45)74-60(84)42(3)76(11)64(88)92-66(4,5)6/h12-22,30-31,40-42,45,49,57,59H,23-29,32-39H2,1-11H3,(H,72,87)(H,73,82)(H,74,84)(H,75,85)/t40-,41-,42?,49+,57?,59+,68+/m1/s1. The highest BCUT2D eigenvalue weighted by molar-refractivity contribution is 6.05. The molecule has 25 heteroatoms. The highest BCUT2D eigenvalue weighted by Crippen LogP contribution is 2.43. The SMILES string of the molecule is CC(C(=O)NC(C(=O)N1Cc2ccc(NC(=O)CNC(=O)[C@@]3(C)CN(C(=O)CN4C[C@@H](C)N(C(=O)OC(C)(C)C)C[C@@H]4CN4CCOC[C@H]4C)c4cc(Cc5ccc(F)cc5)ccc43)cc2[C@H]1C(=O)Nc1c(F)cccc1F)C1CCOCC1)N(C)C(=O)OC(C)(C)C. The summed E-state index contributed by atoms with van der Waals surface area (Å²) in [6, 6.07) is 14.7. The van der Waals surface area contributed by atoms with E-state index in [0.29, 0.717) is 75.5 Å². The smallest absolute Gasteiger partial charge is 0.410 e. The number of hydrogen-bond acceptors (Lipinski definition) is 14. The van der Waals surface area contributed by atoms with Gasteiger partial charge in [0.2, 0.25) is 29.5 Å². The van der Waals surface area contributed by atoms with Crippen LogP contribution < -0.4 is 26.2 Å². The lowest BCUT2D eigenvalue weighted by atomic mass is 9.83. The van der Waals surface area contributed by atoms with Crippen LogP contribution in [-0.4, -0.2) is 193 Å². The van der Waals surface area contributed by atoms with Crippen LogP contribution in [0, 0.1) is 23.4 Å². The number of fused-ring (bicyclic) bond motifs is 2. The maximum atomic E-state index is 15.2. The monoisotopic (exact) mass is 1290 g/mol. The van der Waals surface area contributed by atoms with E-state index < -0.39 is 106 Å². The van der Waals surface area contributed by atoms with Crippen molar-refractivity contribution in [3.63, 3.8) is 0 Å². The molecule has 9 rings (SSSR count). The van der Waals surface area contributed by atoms with Crippen LogP contribution in [0.3, 0.4) is 0 Å². The molecule has 7 atom stereocenters. The molecule has 4 N–H and O–H groups in total. The van der Waals surface area contributed by atoms with E-state index in [0.717, 1.165) is 34.2 Å². The van der Waals surface area contributed by atoms with E-state index in [4.69, 9.17) is 18.9 Å². The normalized spacial score (nSPS) is 21.8. The fourth-order valence-electron chi connectivity index (χ4n) is 12.7. The molecular formula is C68H87F3N10O12. The van der Waals surface area contributed by atoms with Crippen molar-refractivity contribution in [2.75, 3.05) is 94.8 Å². The van der Waals surface area contributed by atoms with E-state index in [1.807, 2.05) is 39.8 Å². The average Bonchev–Trinajstić information content (AvgIpc) is 1.61. The Morgan fingerprint density at radius 3 is 2.12 bits per heavy atom. The van der Waals surface area contributed by atoms with E-state index in [2.05, 4.69) is 38.0 Å². The minimum Gasteiger partial charge on any atom is -0.444 e. The minimum atomic E-state index is -1.57. The third-order valence-corrected chi connectivity index (χ3v) is 17.9. The first-order valence-electron chi connectivity index (χ1n) is 31.7. The van der Waals surface area contributed by atoms with Crippen LogP contribution in [0.25, 0.3) is 0 Å². The number of ether oxygens (including phenoxy) is 4. The molecule has 5 aliphatic rings. The number of amides is 8. The molecule has 3 fully saturated rings. The van der Waals surface area contributed by atoms with Crippen molar-refractivity contribution >= 4 is 64.7 Å². The summed E-state index contributed by atoms with van der Waals surface area (Å²) in [5.74, 6) is -7.02. The van der Waals surface area contributed by atoms with Crippen LogP contribution in [0.2, 0.25) is 0 Å². The number of para-hydroxylation sites is 1. The van der Waals surface area contributed by atoms with Gasteiger partial charge in [0, 0.05) is 89.0 Å². The summed E-state index contributed by atoms with van der Waals surface area (Å²) in [6.45, 7) is 20.2. The molecule has 3 saturated heterocycles. The summed E-state index contributed by atoms with van der Waals surface area (Å²) in [7, 11) is 1.39. The topological polar surface area (TPSA) is 241 Å². The molecule has 93 heavy (non-hydrogen) atoms. The van der Waals surface area contributed by atoms with Crippen molar-refractivity contribution < 1.29 is 70.5 Å². The summed E-state index contributed by atoms with van der Waals surface area (Å²) >= 11 is 0. The Kier molecular flexibility index (Phi) is 21.3. The summed E-state index contributed by atoms with van der Waals surface area (Å²) < 4.78 is 67.2. The van der Waals surface area contributed by atoms with Gasteiger partial charge in [0.1, 0.15) is 52.5 Å². The van der Waals surface area contributed by atoms with Crippen LogP contribution >= 0.6 is 0 Å². The van der Waals surface area contributed by atoms with Gasteiger partial charge in [-0.05, 0) is 165 Å². The van der Waals surface area contributed by atoms with Gasteiger partial charge in [0.25, 0.3) is 5.91 Å². The van der Waals surface area contributed by atoms with E-state index in [1.54, 1.807) is 61.8 Å². The molecule has 4 aromatic carbocycles. The first-order valence-corrected chi connectivity index (χ1v) is 31.7. The third kappa shape index (κ3) is 16.4. The van der Waals surface area contributed by atoms with Crippen LogP contribution in [0.1, 0.15) is 116 Å². The molecule has 5 aliphatic heterocycles. The van der Waals surface area contributed by atoms with Crippen molar-refractivity contribution in [2.24, 2.45) is 5.92 Å². The molecular weight excluding hydrogens is 1210 g/mol. The van der Waals surface area contributed by atoms with E-state index in [1.165, 1.54) is 43.1 Å². The summed E-state index contributed by atoms with van der Waals surface area (Å²) in [5, 5.41) is 10.7. The van der Waals surface area contributed by atoms with Gasteiger partial charge in [-0.3, -0.25) is 43.5 Å². The van der Waals surface area contributed by atoms with Gasteiger partial charge in [-0.1, -0.05) is 36.4 Å². The number of halogens is 3. The summed E-state index contributed by atoms with van der Waals surface area (Å²) in [6.07, 6.45) is -0.153. The minimum absolute atomic E-state index is 0.0611. The number of anilines is 3. The van der Waals surface area contributed by atoms with Crippen molar-refractivity contribution in [3.8, 4) is 0 Å². The molecule has 2 unspecified atom stereocenters. The fourth-order valence-corrected chi connectivity index (χ4v) is 12.7. The second-order valence-corrected chi connectivity index (χ2v) is 27.3. The Morgan fingerprint density at radius 2 is 1.45 bits per heavy atom. The third-order valence-electron chi connectivity index (χ3n) is 17.9. The molecule has 5 heterocycles. The lowest BCUT2D eigenvalue weighted by Gasteiger charge is -2.47. The zero-order chi connectivity index (χ0) is 67.4. The second-order valence-electron chi connectivity index (χ2n) is 27.3. The number of hydrogen-bond donors (Lipinski definition) is 4. The Hall–Kier alpha value is -8.13. The number of carbonyl (C=O) groups excluding carboxylic acids is 8. The molecule has 4 aromatic rings. The van der Waals surface area contributed by atoms with Gasteiger partial charge < -0.3 is 54.9 Å². The molecule has 0 spiro atoms. The zero-order valence-electron chi connectivity index (χ0n) is 54.9. The maximum absolute atomic E-state index is 15.2. The quantitative estimate of drug-likeness (QED) is 0.0813. The predicted molar refractivity (Wildman–Crippen MR) is 340 cm³/mol. The van der Waals surface area contributed by atoms with E-state index >= 15 is 18.4 Å². The fraction of sp³-hybridized carbons (Fsp3) is 0.529. The molecule has 0 aliphatic carbocycles. The summed E-state index contributed by atoms with van der Waals surface area (Å²) in [4.78, 5) is 125. The molecule has 0 aromatic heterocycles. The molecule has 22 nitrogen and oxygen atoms in total. The van der Waals surface area contributed by atoms with Gasteiger partial charge in [-0.2, -0.15) is 0 Å². The van der Waals surface area contributed by atoms with Crippen LogP contribution in [0.5, 0.6) is 0 Å². The lowest BCUT2D eigenvalue weighted by Crippen LogP contribution is -2.64. The largest absolute Gasteiger partial charge is 0.444 e. The average molecular weight is 1290 g/mol. The highest BCUT2D eigenvalue weighted by Gasteiger charge is 2.49. The van der Waals surface area contributed by atoms with E-state index in [-0.39, 0.29) is 73.9 Å². The van der Waals surface area contributed by atoms with Gasteiger partial charge in [0.15, 0.2) is 0 Å². The number of nitrogens with one attached hydrogen (secondary N) is 4. The first kappa shape index (κ1) is 69.2. The van der Waals surface area contributed by atoms with Crippen LogP contribution in [0.15, 0.2) is 78.9 Å². The molecule has 0 saturated carbocycles. The molecule has 502 valence electrons. The van der Waals surface area contributed by atoms with Crippen LogP contribution in [0.4, 0.5) is 39.8 Å². The van der Waals surface area contributed by atoms with Gasteiger partial charge in [-0.15, -0.1) is 0 Å². The Balaban J connectivity index is 0.947. The number of carbonyl (C=O) groups is 8. The maximum Gasteiger partial charge on any atom is 0.410 e. The van der Waals surface area contributed by atoms with Crippen molar-refractivity contribution in [1.82, 2.24) is 35.1 Å². The number of likely N-dealkylation sites (N-methyl/N-ethyl adjacent to an activating group) is 1. The molecule has 0 radical (unpaired) electrons. The molecule has 8 amide bonds. The first-order chi connectivity index (χ1) is 43.9. The Labute approximate surface area is 541 Å². The van der Waals surface area contributed by atoms with Gasteiger partial charge >= 0.3 is 12.2 Å². The molecule has 0 bridgehead atoms.